The maximum Gasteiger partial charge on any atom is 0.196 e. The van der Waals surface area contributed by atoms with E-state index in [1.54, 1.807) is 47.0 Å². The molecule has 0 aliphatic heterocycles. The van der Waals surface area contributed by atoms with Crippen molar-refractivity contribution < 1.29 is 9.59 Å². The Morgan fingerprint density at radius 3 is 1.25 bits per heavy atom. The Morgan fingerprint density at radius 1 is 0.403 bits per heavy atom. The fourth-order valence-corrected chi connectivity index (χ4v) is 13.6. The molecule has 2 aliphatic rings. The van der Waals surface area contributed by atoms with Gasteiger partial charge in [0, 0.05) is 61.4 Å². The van der Waals surface area contributed by atoms with Gasteiger partial charge in [0.05, 0.1) is 0 Å². The van der Waals surface area contributed by atoms with Crippen LogP contribution in [0.5, 0.6) is 0 Å². The lowest BCUT2D eigenvalue weighted by Crippen LogP contribution is -2.24. The molecule has 2 aliphatic carbocycles. The molecule has 1 fully saturated rings. The van der Waals surface area contributed by atoms with E-state index in [1.807, 2.05) is 60.7 Å². The number of carbonyl (C=O) groups is 2. The van der Waals surface area contributed by atoms with Crippen LogP contribution in [0.1, 0.15) is 140 Å². The summed E-state index contributed by atoms with van der Waals surface area (Å²) in [7, 11) is 0. The Labute approximate surface area is 416 Å². The van der Waals surface area contributed by atoms with Crippen molar-refractivity contribution in [1.29, 1.82) is 0 Å². The minimum Gasteiger partial charge on any atom is -0.288 e. The summed E-state index contributed by atoms with van der Waals surface area (Å²) < 4.78 is 0. The fourth-order valence-electron chi connectivity index (χ4n) is 9.72. The van der Waals surface area contributed by atoms with Gasteiger partial charge < -0.3 is 0 Å². The first kappa shape index (κ1) is 47.4. The number of carbonyl (C=O) groups excluding carboxylic acids is 2. The molecule has 0 spiro atoms. The highest BCUT2D eigenvalue weighted by molar-refractivity contribution is 8.00. The standard InChI is InChI=1S/C61H60O2S4/c1-3-5-7-11-17-43-24-34-50(35-25-43)66-54-40-38-52(64-48-18-12-8-13-19-48)56-58(54)60(62)57-53(65-49-20-14-9-15-21-49)39-41-55(59(57)61(56)63)67-51-36-32-47(33-37-51)46-30-28-45(29-31-46)44-26-22-42(23-27-44)16-10-6-4-2/h8-9,12-15,18-21,24-25,28-42,44H,3-7,10-11,16-17,22-23,26-27H2,1-2H3. The van der Waals surface area contributed by atoms with Crippen LogP contribution in [0.3, 0.4) is 0 Å². The third-order valence-corrected chi connectivity index (χ3v) is 17.7. The number of ketones is 2. The maximum absolute atomic E-state index is 15.5. The lowest BCUT2D eigenvalue weighted by molar-refractivity contribution is 0.0970. The summed E-state index contributed by atoms with van der Waals surface area (Å²) in [5.41, 5.74) is 7.14. The van der Waals surface area contributed by atoms with Crippen molar-refractivity contribution in [3.8, 4) is 11.1 Å². The molecule has 7 aromatic rings. The molecule has 0 saturated heterocycles. The average Bonchev–Trinajstić information content (AvgIpc) is 3.37. The van der Waals surface area contributed by atoms with Crippen molar-refractivity contribution in [3.05, 3.63) is 191 Å². The summed E-state index contributed by atoms with van der Waals surface area (Å²) in [6, 6.07) is 55.1. The van der Waals surface area contributed by atoms with Gasteiger partial charge in [-0.2, -0.15) is 0 Å². The zero-order valence-electron chi connectivity index (χ0n) is 38.8. The van der Waals surface area contributed by atoms with E-state index in [1.165, 1.54) is 99.3 Å². The predicted molar refractivity (Wildman–Crippen MR) is 284 cm³/mol. The molecule has 0 N–H and O–H groups in total. The minimum atomic E-state index is -0.104. The van der Waals surface area contributed by atoms with E-state index in [2.05, 4.69) is 111 Å². The summed E-state index contributed by atoms with van der Waals surface area (Å²) in [4.78, 5) is 38.3. The molecule has 1 saturated carbocycles. The molecule has 2 nitrogen and oxygen atoms in total. The molecule has 0 heterocycles. The second-order valence-corrected chi connectivity index (χ2v) is 22.6. The van der Waals surface area contributed by atoms with E-state index in [4.69, 9.17) is 0 Å². The van der Waals surface area contributed by atoms with E-state index in [0.29, 0.717) is 28.2 Å². The Kier molecular flexibility index (Phi) is 16.3. The van der Waals surface area contributed by atoms with Gasteiger partial charge in [0.15, 0.2) is 11.6 Å². The van der Waals surface area contributed by atoms with Crippen molar-refractivity contribution in [2.75, 3.05) is 0 Å². The molecule has 7 aromatic carbocycles. The van der Waals surface area contributed by atoms with Gasteiger partial charge in [-0.3, -0.25) is 9.59 Å². The molecule has 67 heavy (non-hydrogen) atoms. The molecular formula is C61H60O2S4. The van der Waals surface area contributed by atoms with Gasteiger partial charge in [0.25, 0.3) is 0 Å². The predicted octanol–water partition coefficient (Wildman–Crippen LogP) is 18.7. The third kappa shape index (κ3) is 11.6. The maximum atomic E-state index is 15.5. The number of fused-ring (bicyclic) bond motifs is 2. The quantitative estimate of drug-likeness (QED) is 0.0752. The Balaban J connectivity index is 1.02. The van der Waals surface area contributed by atoms with Crippen molar-refractivity contribution >= 4 is 58.6 Å². The molecule has 0 radical (unpaired) electrons. The lowest BCUT2D eigenvalue weighted by atomic mass is 9.77. The summed E-state index contributed by atoms with van der Waals surface area (Å²) in [6.45, 7) is 4.54. The van der Waals surface area contributed by atoms with Crippen molar-refractivity contribution in [2.24, 2.45) is 5.92 Å². The van der Waals surface area contributed by atoms with Crippen LogP contribution in [-0.2, 0) is 6.42 Å². The van der Waals surface area contributed by atoms with E-state index in [9.17, 15) is 0 Å². The summed E-state index contributed by atoms with van der Waals surface area (Å²) in [6.07, 6.45) is 16.8. The highest BCUT2D eigenvalue weighted by atomic mass is 32.2. The fraction of sp³-hybridized carbons (Fsp3) is 0.279. The SMILES string of the molecule is CCCCCCc1ccc(Sc2ccc(Sc3ccccc3)c3c2C(=O)c2c(Sc4ccccc4)ccc(Sc4ccc(-c5ccc(C6CCC(CCCCC)CC6)cc5)cc4)c2C3=O)cc1. The molecule has 6 heteroatoms. The highest BCUT2D eigenvalue weighted by Crippen LogP contribution is 2.48. The summed E-state index contributed by atoms with van der Waals surface area (Å²) >= 11 is 6.22. The number of hydrogen-bond acceptors (Lipinski definition) is 6. The van der Waals surface area contributed by atoms with Gasteiger partial charge in [-0.05, 0) is 145 Å². The van der Waals surface area contributed by atoms with Crippen molar-refractivity contribution in [1.82, 2.24) is 0 Å². The topological polar surface area (TPSA) is 34.1 Å². The van der Waals surface area contributed by atoms with Gasteiger partial charge in [0.1, 0.15) is 0 Å². The van der Waals surface area contributed by atoms with Crippen LogP contribution in [0, 0.1) is 5.92 Å². The van der Waals surface area contributed by atoms with Gasteiger partial charge in [-0.25, -0.2) is 0 Å². The minimum absolute atomic E-state index is 0.102. The van der Waals surface area contributed by atoms with E-state index < -0.39 is 0 Å². The number of hydrogen-bond donors (Lipinski definition) is 0. The summed E-state index contributed by atoms with van der Waals surface area (Å²) in [5, 5.41) is 0. The lowest BCUT2D eigenvalue weighted by Gasteiger charge is -2.29. The number of unbranched alkanes of at least 4 members (excludes halogenated alkanes) is 5. The summed E-state index contributed by atoms with van der Waals surface area (Å²) in [5.74, 6) is 1.37. The first-order valence-corrected chi connectivity index (χ1v) is 27.8. The van der Waals surface area contributed by atoms with Crippen LogP contribution in [0.2, 0.25) is 0 Å². The van der Waals surface area contributed by atoms with Crippen LogP contribution in [0.4, 0.5) is 0 Å². The molecule has 0 bridgehead atoms. The second-order valence-electron chi connectivity index (χ2n) is 18.1. The number of aryl methyl sites for hydroxylation is 1. The molecule has 0 amide bonds. The van der Waals surface area contributed by atoms with Crippen LogP contribution >= 0.6 is 47.0 Å². The average molecular weight is 953 g/mol. The van der Waals surface area contributed by atoms with Crippen molar-refractivity contribution in [2.45, 2.75) is 142 Å². The molecule has 0 unspecified atom stereocenters. The van der Waals surface area contributed by atoms with Gasteiger partial charge in [-0.15, -0.1) is 0 Å². The van der Waals surface area contributed by atoms with Gasteiger partial charge in [-0.1, -0.05) is 191 Å². The Hall–Kier alpha value is -4.72. The third-order valence-electron chi connectivity index (χ3n) is 13.4. The molecular weight excluding hydrogens is 893 g/mol. The first-order chi connectivity index (χ1) is 32.9. The van der Waals surface area contributed by atoms with Gasteiger partial charge >= 0.3 is 0 Å². The van der Waals surface area contributed by atoms with Crippen molar-refractivity contribution in [3.63, 3.8) is 0 Å². The second kappa shape index (κ2) is 23.1. The highest BCUT2D eigenvalue weighted by Gasteiger charge is 2.38. The molecule has 9 rings (SSSR count). The first-order valence-electron chi connectivity index (χ1n) is 24.5. The molecule has 0 atom stereocenters. The number of benzene rings is 7. The Bertz CT molecular complexity index is 2760. The van der Waals surface area contributed by atoms with E-state index in [0.717, 1.165) is 51.5 Å². The van der Waals surface area contributed by atoms with E-state index in [-0.39, 0.29) is 11.6 Å². The molecule has 0 aromatic heterocycles. The van der Waals surface area contributed by atoms with Gasteiger partial charge in [0.2, 0.25) is 0 Å². The monoisotopic (exact) mass is 952 g/mol. The number of rotatable bonds is 19. The molecule has 340 valence electrons. The van der Waals surface area contributed by atoms with Crippen LogP contribution < -0.4 is 0 Å². The van der Waals surface area contributed by atoms with Crippen LogP contribution in [-0.4, -0.2) is 11.6 Å². The zero-order valence-corrected chi connectivity index (χ0v) is 42.1. The van der Waals surface area contributed by atoms with E-state index >= 15 is 9.59 Å². The Morgan fingerprint density at radius 2 is 0.806 bits per heavy atom. The largest absolute Gasteiger partial charge is 0.288 e. The normalized spacial score (nSPS) is 15.6. The van der Waals surface area contributed by atoms with Crippen LogP contribution in [0.25, 0.3) is 11.1 Å². The smallest absolute Gasteiger partial charge is 0.196 e. The van der Waals surface area contributed by atoms with Crippen LogP contribution in [0.15, 0.2) is 197 Å². The zero-order chi connectivity index (χ0) is 46.0.